The zero-order chi connectivity index (χ0) is 22.3. The molecule has 1 unspecified atom stereocenters. The smallest absolute Gasteiger partial charge is 0.344 e. The molecule has 1 saturated heterocycles. The highest BCUT2D eigenvalue weighted by atomic mass is 35.5. The van der Waals surface area contributed by atoms with Gasteiger partial charge in [0.15, 0.2) is 16.4 Å². The summed E-state index contributed by atoms with van der Waals surface area (Å²) in [6, 6.07) is 3.60. The summed E-state index contributed by atoms with van der Waals surface area (Å²) in [7, 11) is -3.17. The predicted molar refractivity (Wildman–Crippen MR) is 109 cm³/mol. The van der Waals surface area contributed by atoms with Crippen LogP contribution >= 0.6 is 11.6 Å². The molecule has 166 valence electrons. The van der Waals surface area contributed by atoms with E-state index < -0.39 is 40.2 Å². The van der Waals surface area contributed by atoms with E-state index in [1.165, 1.54) is 30.0 Å². The molecular weight excluding hydrogens is 451 g/mol. The molecule has 1 amide bonds. The molecule has 0 radical (unpaired) electrons. The van der Waals surface area contributed by atoms with Gasteiger partial charge in [-0.25, -0.2) is 17.6 Å². The number of aromatic nitrogens is 1. The van der Waals surface area contributed by atoms with Gasteiger partial charge in [-0.1, -0.05) is 22.8 Å². The molecule has 1 saturated carbocycles. The number of sulfone groups is 1. The Bertz CT molecular complexity index is 1120. The fourth-order valence-electron chi connectivity index (χ4n) is 3.83. The summed E-state index contributed by atoms with van der Waals surface area (Å²) in [6.07, 6.45) is 1.95. The lowest BCUT2D eigenvalue weighted by Gasteiger charge is -2.28. The Morgan fingerprint density at radius 3 is 2.65 bits per heavy atom. The molecule has 4 rings (SSSR count). The summed E-state index contributed by atoms with van der Waals surface area (Å²) in [5, 5.41) is 3.79. The molecule has 1 aromatic heterocycles. The number of carbonyl (C=O) groups excluding carboxylic acids is 2. The Morgan fingerprint density at radius 2 is 2.03 bits per heavy atom. The third-order valence-electron chi connectivity index (χ3n) is 5.42. The molecule has 31 heavy (non-hydrogen) atoms. The van der Waals surface area contributed by atoms with Gasteiger partial charge in [-0.2, -0.15) is 0 Å². The topological polar surface area (TPSA) is 107 Å². The predicted octanol–water partition coefficient (Wildman–Crippen LogP) is 2.78. The molecule has 8 nitrogen and oxygen atoms in total. The Kier molecular flexibility index (Phi) is 5.78. The van der Waals surface area contributed by atoms with Crippen molar-refractivity contribution in [2.45, 2.75) is 38.3 Å². The average molecular weight is 471 g/mol. The van der Waals surface area contributed by atoms with Crippen molar-refractivity contribution in [3.8, 4) is 11.3 Å². The molecule has 11 heteroatoms. The standard InChI is InChI=1S/C20H20ClFN2O6S/c1-11-17(19(23-30-11)18-14(21)3-2-4-15(18)22)20(26)29-9-16(25)24(12-5-6-12)13-7-8-31(27,28)10-13/h2-4,12-13H,5-10H2,1H3. The van der Waals surface area contributed by atoms with Crippen LogP contribution in [0.5, 0.6) is 0 Å². The van der Waals surface area contributed by atoms with E-state index in [9.17, 15) is 22.4 Å². The van der Waals surface area contributed by atoms with Crippen molar-refractivity contribution in [3.05, 3.63) is 40.4 Å². The zero-order valence-electron chi connectivity index (χ0n) is 16.6. The summed E-state index contributed by atoms with van der Waals surface area (Å²) in [5.41, 5.74) is -0.338. The normalized spacial score (nSPS) is 19.9. The second kappa shape index (κ2) is 8.23. The number of halogens is 2. The molecule has 0 spiro atoms. The van der Waals surface area contributed by atoms with Crippen LogP contribution in [0.4, 0.5) is 4.39 Å². The van der Waals surface area contributed by atoms with Crippen LogP contribution in [0.25, 0.3) is 11.3 Å². The number of rotatable bonds is 6. The van der Waals surface area contributed by atoms with E-state index in [0.717, 1.165) is 12.8 Å². The van der Waals surface area contributed by atoms with Crippen molar-refractivity contribution in [1.29, 1.82) is 0 Å². The number of benzene rings is 1. The summed E-state index contributed by atoms with van der Waals surface area (Å²) < 4.78 is 48.2. The molecule has 1 atom stereocenters. The Balaban J connectivity index is 1.51. The number of amides is 1. The van der Waals surface area contributed by atoms with E-state index in [1.807, 2.05) is 0 Å². The first kappa shape index (κ1) is 21.8. The number of esters is 1. The number of hydrogen-bond acceptors (Lipinski definition) is 7. The molecule has 1 aromatic carbocycles. The van der Waals surface area contributed by atoms with Gasteiger partial charge in [0.2, 0.25) is 0 Å². The molecule has 2 aliphatic rings. The Morgan fingerprint density at radius 1 is 1.29 bits per heavy atom. The zero-order valence-corrected chi connectivity index (χ0v) is 18.2. The average Bonchev–Trinajstić information content (AvgIpc) is 3.36. The van der Waals surface area contributed by atoms with Crippen LogP contribution in [0.15, 0.2) is 22.7 Å². The number of aryl methyl sites for hydroxylation is 1. The minimum Gasteiger partial charge on any atom is -0.452 e. The van der Waals surface area contributed by atoms with Gasteiger partial charge >= 0.3 is 5.97 Å². The van der Waals surface area contributed by atoms with Crippen LogP contribution in [0, 0.1) is 12.7 Å². The van der Waals surface area contributed by atoms with Crippen LogP contribution in [0.1, 0.15) is 35.4 Å². The van der Waals surface area contributed by atoms with Crippen LogP contribution in [0.2, 0.25) is 5.02 Å². The maximum atomic E-state index is 14.3. The first-order valence-electron chi connectivity index (χ1n) is 9.77. The fourth-order valence-corrected chi connectivity index (χ4v) is 5.80. The highest BCUT2D eigenvalue weighted by molar-refractivity contribution is 7.91. The Labute approximate surface area is 183 Å². The second-order valence-corrected chi connectivity index (χ2v) is 10.4. The molecule has 1 aliphatic carbocycles. The third kappa shape index (κ3) is 4.45. The lowest BCUT2D eigenvalue weighted by Crippen LogP contribution is -2.44. The number of hydrogen-bond donors (Lipinski definition) is 0. The van der Waals surface area contributed by atoms with E-state index in [1.54, 1.807) is 0 Å². The minimum absolute atomic E-state index is 0.0328. The number of ether oxygens (including phenoxy) is 1. The highest BCUT2D eigenvalue weighted by Gasteiger charge is 2.42. The van der Waals surface area contributed by atoms with Crippen molar-refractivity contribution in [2.24, 2.45) is 0 Å². The highest BCUT2D eigenvalue weighted by Crippen LogP contribution is 2.34. The summed E-state index contributed by atoms with van der Waals surface area (Å²) in [6.45, 7) is 0.893. The van der Waals surface area contributed by atoms with Gasteiger partial charge in [0.25, 0.3) is 5.91 Å². The van der Waals surface area contributed by atoms with Crippen LogP contribution in [0.3, 0.4) is 0 Å². The number of nitrogens with zero attached hydrogens (tertiary/aromatic N) is 2. The Hall–Kier alpha value is -2.46. The molecule has 2 fully saturated rings. The van der Waals surface area contributed by atoms with Gasteiger partial charge < -0.3 is 14.2 Å². The molecule has 2 heterocycles. The first-order chi connectivity index (χ1) is 14.7. The molecular formula is C20H20ClFN2O6S. The summed E-state index contributed by atoms with van der Waals surface area (Å²) in [4.78, 5) is 27.0. The van der Waals surface area contributed by atoms with Gasteiger partial charge in [-0.3, -0.25) is 4.79 Å². The lowest BCUT2D eigenvalue weighted by atomic mass is 10.1. The van der Waals surface area contributed by atoms with Crippen LogP contribution < -0.4 is 0 Å². The van der Waals surface area contributed by atoms with Gasteiger partial charge in [-0.05, 0) is 38.3 Å². The van der Waals surface area contributed by atoms with E-state index in [-0.39, 0.29) is 45.2 Å². The third-order valence-corrected chi connectivity index (χ3v) is 7.49. The van der Waals surface area contributed by atoms with E-state index in [4.69, 9.17) is 20.9 Å². The van der Waals surface area contributed by atoms with Crippen molar-refractivity contribution < 1.29 is 31.7 Å². The molecule has 0 bridgehead atoms. The van der Waals surface area contributed by atoms with Gasteiger partial charge in [0.1, 0.15) is 22.8 Å². The van der Waals surface area contributed by atoms with Crippen LogP contribution in [-0.4, -0.2) is 60.5 Å². The first-order valence-corrected chi connectivity index (χ1v) is 12.0. The maximum Gasteiger partial charge on any atom is 0.344 e. The van der Waals surface area contributed by atoms with Crippen molar-refractivity contribution in [2.75, 3.05) is 18.1 Å². The molecule has 1 aliphatic heterocycles. The SMILES string of the molecule is Cc1onc(-c2c(F)cccc2Cl)c1C(=O)OCC(=O)N(C1CC1)C1CCS(=O)(=O)C1. The number of carbonyl (C=O) groups is 2. The quantitative estimate of drug-likeness (QED) is 0.597. The van der Waals surface area contributed by atoms with Gasteiger partial charge in [0.05, 0.1) is 22.1 Å². The molecule has 0 N–H and O–H groups in total. The maximum absolute atomic E-state index is 14.3. The van der Waals surface area contributed by atoms with Crippen molar-refractivity contribution >= 4 is 33.3 Å². The van der Waals surface area contributed by atoms with E-state index >= 15 is 0 Å². The van der Waals surface area contributed by atoms with Crippen LogP contribution in [-0.2, 0) is 19.4 Å². The van der Waals surface area contributed by atoms with Crippen molar-refractivity contribution in [1.82, 2.24) is 10.1 Å². The van der Waals surface area contributed by atoms with Gasteiger partial charge in [0, 0.05) is 12.1 Å². The lowest BCUT2D eigenvalue weighted by molar-refractivity contribution is -0.137. The second-order valence-electron chi connectivity index (χ2n) is 7.72. The van der Waals surface area contributed by atoms with E-state index in [0.29, 0.717) is 6.42 Å². The summed E-state index contributed by atoms with van der Waals surface area (Å²) in [5.74, 6) is -2.00. The summed E-state index contributed by atoms with van der Waals surface area (Å²) >= 11 is 6.07. The van der Waals surface area contributed by atoms with E-state index in [2.05, 4.69) is 5.16 Å². The molecule has 2 aromatic rings. The minimum atomic E-state index is -3.17. The van der Waals surface area contributed by atoms with Crippen molar-refractivity contribution in [3.63, 3.8) is 0 Å². The largest absolute Gasteiger partial charge is 0.452 e. The fraction of sp³-hybridized carbons (Fsp3) is 0.450. The monoisotopic (exact) mass is 470 g/mol. The van der Waals surface area contributed by atoms with Gasteiger partial charge in [-0.15, -0.1) is 0 Å².